The van der Waals surface area contributed by atoms with Crippen molar-refractivity contribution >= 4 is 11.9 Å². The van der Waals surface area contributed by atoms with Crippen LogP contribution in [0, 0.1) is 5.92 Å². The number of Topliss-reactive ketones (excluding diaryl/α,β-unsaturated/α-hetero) is 1. The zero-order valence-electron chi connectivity index (χ0n) is 16.5. The summed E-state index contributed by atoms with van der Waals surface area (Å²) in [7, 11) is 1.65. The fraction of sp³-hybridized carbons (Fsp3) is 0.619. The lowest BCUT2D eigenvalue weighted by molar-refractivity contribution is -0.133. The molecule has 1 aliphatic heterocycles. The van der Waals surface area contributed by atoms with Gasteiger partial charge in [0.25, 0.3) is 0 Å². The number of methoxy groups -OCH3 is 1. The minimum atomic E-state index is -0.917. The molecule has 0 bridgehead atoms. The average molecular weight is 391 g/mol. The molecular formula is C21H29NO6. The van der Waals surface area contributed by atoms with E-state index in [1.165, 1.54) is 0 Å². The highest BCUT2D eigenvalue weighted by atomic mass is 16.6. The number of primary amides is 1. The van der Waals surface area contributed by atoms with Crippen molar-refractivity contribution in [3.63, 3.8) is 0 Å². The number of amides is 1. The van der Waals surface area contributed by atoms with Crippen LogP contribution in [0.5, 0.6) is 5.75 Å². The Morgan fingerprint density at radius 3 is 2.39 bits per heavy atom. The van der Waals surface area contributed by atoms with Gasteiger partial charge in [0.15, 0.2) is 11.7 Å². The molecule has 2 atom stereocenters. The molecule has 2 fully saturated rings. The first kappa shape index (κ1) is 20.6. The van der Waals surface area contributed by atoms with Gasteiger partial charge in [-0.2, -0.15) is 0 Å². The quantitative estimate of drug-likeness (QED) is 0.650. The third-order valence-corrected chi connectivity index (χ3v) is 5.64. The Labute approximate surface area is 165 Å². The SMILES string of the molecule is COc1ccc(COC2CCC(C[C@H](OC(N)=O)C(=O)[C@@]3(C)CO3)CC2)cc1. The summed E-state index contributed by atoms with van der Waals surface area (Å²) in [6.07, 6.45) is 2.65. The molecule has 2 aliphatic rings. The molecule has 1 aromatic rings. The van der Waals surface area contributed by atoms with Gasteiger partial charge in [-0.15, -0.1) is 0 Å². The molecule has 2 N–H and O–H groups in total. The summed E-state index contributed by atoms with van der Waals surface area (Å²) >= 11 is 0. The molecular weight excluding hydrogens is 362 g/mol. The van der Waals surface area contributed by atoms with E-state index in [0.717, 1.165) is 37.0 Å². The number of hydrogen-bond donors (Lipinski definition) is 1. The van der Waals surface area contributed by atoms with Gasteiger partial charge < -0.3 is 24.7 Å². The highest BCUT2D eigenvalue weighted by molar-refractivity contribution is 5.94. The normalized spacial score (nSPS) is 27.6. The number of hydrogen-bond acceptors (Lipinski definition) is 6. The second kappa shape index (κ2) is 8.92. The molecule has 0 unspecified atom stereocenters. The smallest absolute Gasteiger partial charge is 0.405 e. The van der Waals surface area contributed by atoms with Crippen LogP contribution in [0.3, 0.4) is 0 Å². The molecule has 1 heterocycles. The van der Waals surface area contributed by atoms with Gasteiger partial charge in [0, 0.05) is 0 Å². The van der Waals surface area contributed by atoms with E-state index in [0.29, 0.717) is 25.6 Å². The highest BCUT2D eigenvalue weighted by Gasteiger charge is 2.51. The number of nitrogens with two attached hydrogens (primary N) is 1. The number of carbonyl (C=O) groups is 2. The van der Waals surface area contributed by atoms with Crippen molar-refractivity contribution in [2.45, 2.75) is 63.4 Å². The van der Waals surface area contributed by atoms with Crippen LogP contribution in [-0.2, 0) is 25.6 Å². The first-order valence-corrected chi connectivity index (χ1v) is 9.78. The molecule has 1 amide bonds. The van der Waals surface area contributed by atoms with Crippen LogP contribution >= 0.6 is 0 Å². The minimum absolute atomic E-state index is 0.191. The molecule has 3 rings (SSSR count). The standard InChI is InChI=1S/C21H29NO6/c1-21(13-27-21)19(23)18(28-20(22)24)11-14-3-9-17(10-4-14)26-12-15-5-7-16(25-2)8-6-15/h5-8,14,17-18H,3-4,9-13H2,1-2H3,(H2,22,24)/t14?,17?,18-,21+/m0/s1. The van der Waals surface area contributed by atoms with Crippen LogP contribution in [0.2, 0.25) is 0 Å². The zero-order chi connectivity index (χ0) is 20.1. The van der Waals surface area contributed by atoms with Gasteiger partial charge in [-0.3, -0.25) is 4.79 Å². The molecule has 1 saturated heterocycles. The van der Waals surface area contributed by atoms with Crippen LogP contribution in [0.4, 0.5) is 4.79 Å². The van der Waals surface area contributed by atoms with Crippen LogP contribution in [0.25, 0.3) is 0 Å². The van der Waals surface area contributed by atoms with E-state index in [1.807, 2.05) is 24.3 Å². The Morgan fingerprint density at radius 2 is 1.86 bits per heavy atom. The van der Waals surface area contributed by atoms with Crippen LogP contribution in [0.15, 0.2) is 24.3 Å². The van der Waals surface area contributed by atoms with Crippen molar-refractivity contribution in [1.82, 2.24) is 0 Å². The fourth-order valence-corrected chi connectivity index (χ4v) is 3.71. The lowest BCUT2D eigenvalue weighted by Gasteiger charge is -2.30. The maximum atomic E-state index is 12.5. The molecule has 7 heteroatoms. The second-order valence-corrected chi connectivity index (χ2v) is 7.85. The van der Waals surface area contributed by atoms with E-state index < -0.39 is 17.8 Å². The van der Waals surface area contributed by atoms with Crippen molar-refractivity contribution in [1.29, 1.82) is 0 Å². The van der Waals surface area contributed by atoms with Gasteiger partial charge in [-0.1, -0.05) is 12.1 Å². The number of ketones is 1. The summed E-state index contributed by atoms with van der Waals surface area (Å²) in [4.78, 5) is 23.7. The lowest BCUT2D eigenvalue weighted by Crippen LogP contribution is -2.39. The summed E-state index contributed by atoms with van der Waals surface area (Å²) in [5, 5.41) is 0. The maximum Gasteiger partial charge on any atom is 0.405 e. The Balaban J connectivity index is 1.44. The van der Waals surface area contributed by atoms with Crippen molar-refractivity contribution in [2.75, 3.05) is 13.7 Å². The minimum Gasteiger partial charge on any atom is -0.497 e. The lowest BCUT2D eigenvalue weighted by atomic mass is 9.82. The molecule has 1 aromatic carbocycles. The topological polar surface area (TPSA) is 100 Å². The van der Waals surface area contributed by atoms with Crippen molar-refractivity contribution in [3.05, 3.63) is 29.8 Å². The molecule has 1 aliphatic carbocycles. The largest absolute Gasteiger partial charge is 0.497 e. The van der Waals surface area contributed by atoms with Gasteiger partial charge in [0.05, 0.1) is 26.4 Å². The molecule has 154 valence electrons. The average Bonchev–Trinajstić information content (AvgIpc) is 3.45. The molecule has 0 radical (unpaired) electrons. The Bertz CT molecular complexity index is 677. The molecule has 0 aromatic heterocycles. The Hall–Kier alpha value is -2.12. The Kier molecular flexibility index (Phi) is 6.57. The summed E-state index contributed by atoms with van der Waals surface area (Å²) in [6, 6.07) is 7.86. The number of benzene rings is 1. The van der Waals surface area contributed by atoms with Gasteiger partial charge in [0.2, 0.25) is 5.78 Å². The molecule has 0 spiro atoms. The van der Waals surface area contributed by atoms with E-state index >= 15 is 0 Å². The van der Waals surface area contributed by atoms with E-state index in [-0.39, 0.29) is 11.9 Å². The van der Waals surface area contributed by atoms with E-state index in [4.69, 9.17) is 24.7 Å². The van der Waals surface area contributed by atoms with Crippen molar-refractivity contribution < 1.29 is 28.5 Å². The summed E-state index contributed by atoms with van der Waals surface area (Å²) in [5.41, 5.74) is 5.44. The number of rotatable bonds is 9. The second-order valence-electron chi connectivity index (χ2n) is 7.85. The molecule has 28 heavy (non-hydrogen) atoms. The number of epoxide rings is 1. The van der Waals surface area contributed by atoms with Crippen LogP contribution in [-0.4, -0.2) is 43.4 Å². The van der Waals surface area contributed by atoms with E-state index in [1.54, 1.807) is 14.0 Å². The summed E-state index contributed by atoms with van der Waals surface area (Å²) in [6.45, 7) is 2.66. The fourth-order valence-electron chi connectivity index (χ4n) is 3.71. The number of ether oxygens (including phenoxy) is 4. The van der Waals surface area contributed by atoms with Crippen molar-refractivity contribution in [2.24, 2.45) is 11.7 Å². The third-order valence-electron chi connectivity index (χ3n) is 5.64. The van der Waals surface area contributed by atoms with Crippen LogP contribution < -0.4 is 10.5 Å². The van der Waals surface area contributed by atoms with Gasteiger partial charge in [-0.05, 0) is 62.6 Å². The summed E-state index contributed by atoms with van der Waals surface area (Å²) in [5.74, 6) is 0.942. The first-order chi connectivity index (χ1) is 13.4. The van der Waals surface area contributed by atoms with Crippen molar-refractivity contribution in [3.8, 4) is 5.75 Å². The van der Waals surface area contributed by atoms with Gasteiger partial charge in [0.1, 0.15) is 5.75 Å². The third kappa shape index (κ3) is 5.45. The monoisotopic (exact) mass is 391 g/mol. The summed E-state index contributed by atoms with van der Waals surface area (Å²) < 4.78 is 21.5. The Morgan fingerprint density at radius 1 is 1.21 bits per heavy atom. The highest BCUT2D eigenvalue weighted by Crippen LogP contribution is 2.34. The zero-order valence-corrected chi connectivity index (χ0v) is 16.5. The predicted octanol–water partition coefficient (Wildman–Crippen LogP) is 2.98. The first-order valence-electron chi connectivity index (χ1n) is 9.78. The van der Waals surface area contributed by atoms with E-state index in [2.05, 4.69) is 0 Å². The van der Waals surface area contributed by atoms with E-state index in [9.17, 15) is 9.59 Å². The van der Waals surface area contributed by atoms with Crippen LogP contribution in [0.1, 0.15) is 44.6 Å². The maximum absolute atomic E-state index is 12.5. The van der Waals surface area contributed by atoms with Gasteiger partial charge in [-0.25, -0.2) is 4.79 Å². The molecule has 7 nitrogen and oxygen atoms in total. The number of carbonyl (C=O) groups excluding carboxylic acids is 2. The predicted molar refractivity (Wildman–Crippen MR) is 102 cm³/mol. The molecule has 1 saturated carbocycles. The van der Waals surface area contributed by atoms with Gasteiger partial charge >= 0.3 is 6.09 Å².